The van der Waals surface area contributed by atoms with Gasteiger partial charge in [0.15, 0.2) is 0 Å². The minimum absolute atomic E-state index is 0.181. The van der Waals surface area contributed by atoms with Crippen LogP contribution < -0.4 is 9.47 Å². The zero-order valence-electron chi connectivity index (χ0n) is 14.8. The van der Waals surface area contributed by atoms with E-state index in [0.29, 0.717) is 5.75 Å². The number of esters is 1. The predicted octanol–water partition coefficient (Wildman–Crippen LogP) is 5.11. The van der Waals surface area contributed by atoms with Crippen molar-refractivity contribution < 1.29 is 19.0 Å². The first-order valence-corrected chi connectivity index (χ1v) is 8.65. The summed E-state index contributed by atoms with van der Waals surface area (Å²) in [5.41, 5.74) is 0.948. The van der Waals surface area contributed by atoms with Crippen molar-refractivity contribution in [2.45, 2.75) is 0 Å². The molecule has 4 heteroatoms. The average molecular weight is 360 g/mol. The van der Waals surface area contributed by atoms with Crippen LogP contribution in [-0.4, -0.2) is 19.2 Å². The zero-order chi connectivity index (χ0) is 18.7. The highest BCUT2D eigenvalue weighted by Crippen LogP contribution is 2.23. The van der Waals surface area contributed by atoms with Gasteiger partial charge in [0, 0.05) is 6.08 Å². The minimum Gasteiger partial charge on any atom is -0.490 e. The van der Waals surface area contributed by atoms with E-state index >= 15 is 0 Å². The van der Waals surface area contributed by atoms with Crippen molar-refractivity contribution in [2.75, 3.05) is 13.2 Å². The number of hydrogen-bond donors (Lipinski definition) is 0. The van der Waals surface area contributed by atoms with E-state index in [0.717, 1.165) is 17.1 Å². The summed E-state index contributed by atoms with van der Waals surface area (Å²) in [6.07, 6.45) is 3.12. The summed E-state index contributed by atoms with van der Waals surface area (Å²) in [5, 5.41) is 0. The molecule has 0 saturated carbocycles. The molecule has 0 radical (unpaired) electrons. The fourth-order valence-electron chi connectivity index (χ4n) is 2.31. The van der Waals surface area contributed by atoms with Gasteiger partial charge in [-0.3, -0.25) is 0 Å². The fourth-order valence-corrected chi connectivity index (χ4v) is 2.31. The molecule has 4 nitrogen and oxygen atoms in total. The van der Waals surface area contributed by atoms with Crippen LogP contribution in [0.3, 0.4) is 0 Å². The van der Waals surface area contributed by atoms with E-state index in [2.05, 4.69) is 0 Å². The molecular weight excluding hydrogens is 340 g/mol. The lowest BCUT2D eigenvalue weighted by Gasteiger charge is -2.08. The molecule has 0 N–H and O–H groups in total. The SMILES string of the molecule is O=C(/C=C/c1ccccc1)OCCOc1ccc(Oc2ccccc2)cc1. The van der Waals surface area contributed by atoms with Crippen molar-refractivity contribution in [1.29, 1.82) is 0 Å². The van der Waals surface area contributed by atoms with Gasteiger partial charge in [-0.05, 0) is 48.0 Å². The van der Waals surface area contributed by atoms with Crippen LogP contribution in [0.15, 0.2) is 91.0 Å². The molecule has 27 heavy (non-hydrogen) atoms. The van der Waals surface area contributed by atoms with Crippen molar-refractivity contribution >= 4 is 12.0 Å². The van der Waals surface area contributed by atoms with Crippen LogP contribution in [0.25, 0.3) is 6.08 Å². The van der Waals surface area contributed by atoms with Gasteiger partial charge in [-0.1, -0.05) is 48.5 Å². The van der Waals surface area contributed by atoms with Gasteiger partial charge in [-0.2, -0.15) is 0 Å². The maximum absolute atomic E-state index is 11.7. The number of benzene rings is 3. The van der Waals surface area contributed by atoms with Crippen LogP contribution in [0.5, 0.6) is 17.2 Å². The lowest BCUT2D eigenvalue weighted by Crippen LogP contribution is -2.10. The largest absolute Gasteiger partial charge is 0.490 e. The molecule has 3 aromatic carbocycles. The molecule has 0 saturated heterocycles. The molecule has 0 aromatic heterocycles. The normalized spacial score (nSPS) is 10.5. The summed E-state index contributed by atoms with van der Waals surface area (Å²) >= 11 is 0. The summed E-state index contributed by atoms with van der Waals surface area (Å²) < 4.78 is 16.4. The maximum atomic E-state index is 11.7. The Labute approximate surface area is 158 Å². The lowest BCUT2D eigenvalue weighted by atomic mass is 10.2. The third-order valence-electron chi connectivity index (χ3n) is 3.61. The highest BCUT2D eigenvalue weighted by atomic mass is 16.6. The van der Waals surface area contributed by atoms with Crippen molar-refractivity contribution in [3.63, 3.8) is 0 Å². The number of rotatable bonds is 8. The average Bonchev–Trinajstić information content (AvgIpc) is 2.72. The fraction of sp³-hybridized carbons (Fsp3) is 0.0870. The topological polar surface area (TPSA) is 44.8 Å². The van der Waals surface area contributed by atoms with Crippen LogP contribution in [-0.2, 0) is 9.53 Å². The van der Waals surface area contributed by atoms with Crippen LogP contribution in [0.4, 0.5) is 0 Å². The zero-order valence-corrected chi connectivity index (χ0v) is 14.8. The van der Waals surface area contributed by atoms with Crippen LogP contribution >= 0.6 is 0 Å². The van der Waals surface area contributed by atoms with Gasteiger partial charge in [0.2, 0.25) is 0 Å². The van der Waals surface area contributed by atoms with Gasteiger partial charge >= 0.3 is 5.97 Å². The molecule has 3 aromatic rings. The molecule has 3 rings (SSSR count). The van der Waals surface area contributed by atoms with Crippen molar-refractivity contribution in [3.8, 4) is 17.2 Å². The molecule has 0 bridgehead atoms. The van der Waals surface area contributed by atoms with E-state index in [1.165, 1.54) is 6.08 Å². The van der Waals surface area contributed by atoms with Crippen molar-refractivity contribution in [1.82, 2.24) is 0 Å². The molecule has 136 valence electrons. The molecule has 0 unspecified atom stereocenters. The first-order chi connectivity index (χ1) is 13.3. The Balaban J connectivity index is 1.37. The van der Waals surface area contributed by atoms with Crippen LogP contribution in [0, 0.1) is 0 Å². The molecule has 0 aliphatic carbocycles. The van der Waals surface area contributed by atoms with Gasteiger partial charge in [-0.15, -0.1) is 0 Å². The van der Waals surface area contributed by atoms with Crippen molar-refractivity contribution in [2.24, 2.45) is 0 Å². The van der Waals surface area contributed by atoms with E-state index in [4.69, 9.17) is 14.2 Å². The second kappa shape index (κ2) is 9.82. The summed E-state index contributed by atoms with van der Waals surface area (Å²) in [4.78, 5) is 11.7. The molecular formula is C23H20O4. The van der Waals surface area contributed by atoms with E-state index in [1.807, 2.05) is 84.9 Å². The van der Waals surface area contributed by atoms with E-state index in [1.54, 1.807) is 6.08 Å². The molecule has 0 amide bonds. The second-order valence-electron chi connectivity index (χ2n) is 5.65. The Morgan fingerprint density at radius 3 is 2.00 bits per heavy atom. The van der Waals surface area contributed by atoms with Gasteiger partial charge in [0.25, 0.3) is 0 Å². The maximum Gasteiger partial charge on any atom is 0.330 e. The number of carbonyl (C=O) groups excluding carboxylic acids is 1. The summed E-state index contributed by atoms with van der Waals surface area (Å²) in [6.45, 7) is 0.462. The molecule has 0 fully saturated rings. The summed E-state index contributed by atoms with van der Waals surface area (Å²) in [5.74, 6) is 1.80. The first-order valence-electron chi connectivity index (χ1n) is 8.65. The highest BCUT2D eigenvalue weighted by Gasteiger charge is 2.00. The van der Waals surface area contributed by atoms with Crippen LogP contribution in [0.2, 0.25) is 0 Å². The molecule has 0 aliphatic heterocycles. The number of ether oxygens (including phenoxy) is 3. The van der Waals surface area contributed by atoms with E-state index in [-0.39, 0.29) is 13.2 Å². The monoisotopic (exact) mass is 360 g/mol. The number of para-hydroxylation sites is 1. The Bertz CT molecular complexity index is 856. The van der Waals surface area contributed by atoms with Gasteiger partial charge in [0.05, 0.1) is 0 Å². The molecule has 0 spiro atoms. The Morgan fingerprint density at radius 2 is 1.30 bits per heavy atom. The quantitative estimate of drug-likeness (QED) is 0.318. The van der Waals surface area contributed by atoms with Gasteiger partial charge in [-0.25, -0.2) is 4.79 Å². The van der Waals surface area contributed by atoms with Gasteiger partial charge < -0.3 is 14.2 Å². The highest BCUT2D eigenvalue weighted by molar-refractivity contribution is 5.87. The first kappa shape index (κ1) is 18.3. The number of carbonyl (C=O) groups is 1. The smallest absolute Gasteiger partial charge is 0.330 e. The van der Waals surface area contributed by atoms with E-state index < -0.39 is 5.97 Å². The third-order valence-corrected chi connectivity index (χ3v) is 3.61. The second-order valence-corrected chi connectivity index (χ2v) is 5.65. The summed E-state index contributed by atoms with van der Waals surface area (Å²) in [6, 6.07) is 26.4. The molecule has 0 atom stereocenters. The predicted molar refractivity (Wildman–Crippen MR) is 105 cm³/mol. The van der Waals surface area contributed by atoms with Crippen molar-refractivity contribution in [3.05, 3.63) is 96.6 Å². The molecule has 0 aliphatic rings. The Kier molecular flexibility index (Phi) is 6.65. The number of hydrogen-bond acceptors (Lipinski definition) is 4. The van der Waals surface area contributed by atoms with Gasteiger partial charge in [0.1, 0.15) is 30.5 Å². The minimum atomic E-state index is -0.394. The lowest BCUT2D eigenvalue weighted by molar-refractivity contribution is -0.138. The van der Waals surface area contributed by atoms with Crippen LogP contribution in [0.1, 0.15) is 5.56 Å². The van der Waals surface area contributed by atoms with E-state index in [9.17, 15) is 4.79 Å². The standard InChI is InChI=1S/C23H20O4/c24-23(16-11-19-7-3-1-4-8-19)26-18-17-25-20-12-14-22(15-13-20)27-21-9-5-2-6-10-21/h1-16H,17-18H2/b16-11+. The Hall–Kier alpha value is -3.53. The Morgan fingerprint density at radius 1 is 0.704 bits per heavy atom. The third kappa shape index (κ3) is 6.36. The molecule has 0 heterocycles. The summed E-state index contributed by atoms with van der Waals surface area (Å²) in [7, 11) is 0.